The number of nitrogens with one attached hydrogen (secondary N) is 1. The van der Waals surface area contributed by atoms with Gasteiger partial charge in [-0.05, 0) is 37.8 Å². The fraction of sp³-hybridized carbons (Fsp3) is 0.733. The van der Waals surface area contributed by atoms with E-state index in [1.54, 1.807) is 0 Å². The van der Waals surface area contributed by atoms with Gasteiger partial charge in [-0.25, -0.2) is 0 Å². The molecule has 1 N–H and O–H groups in total. The van der Waals surface area contributed by atoms with Crippen molar-refractivity contribution in [2.75, 3.05) is 39.3 Å². The highest BCUT2D eigenvalue weighted by molar-refractivity contribution is 7.10. The molecule has 3 nitrogen and oxygen atoms in total. The van der Waals surface area contributed by atoms with Crippen molar-refractivity contribution in [3.63, 3.8) is 0 Å². The molecule has 1 aromatic heterocycles. The SMILES string of the molecule is Cc1ccsc1CNCCN1CCN(C(C)C)CC1. The molecule has 0 bridgehead atoms. The lowest BCUT2D eigenvalue weighted by atomic mass is 10.2. The van der Waals surface area contributed by atoms with Gasteiger partial charge in [-0.2, -0.15) is 0 Å². The molecule has 1 aliphatic heterocycles. The van der Waals surface area contributed by atoms with Gasteiger partial charge >= 0.3 is 0 Å². The highest BCUT2D eigenvalue weighted by atomic mass is 32.1. The zero-order valence-corrected chi connectivity index (χ0v) is 13.3. The minimum Gasteiger partial charge on any atom is -0.311 e. The molecule has 0 radical (unpaired) electrons. The lowest BCUT2D eigenvalue weighted by molar-refractivity contribution is 0.109. The van der Waals surface area contributed by atoms with Crippen LogP contribution in [0.3, 0.4) is 0 Å². The Kier molecular flexibility index (Phi) is 5.82. The van der Waals surface area contributed by atoms with E-state index < -0.39 is 0 Å². The van der Waals surface area contributed by atoms with Crippen molar-refractivity contribution >= 4 is 11.3 Å². The van der Waals surface area contributed by atoms with Crippen molar-refractivity contribution in [2.24, 2.45) is 0 Å². The second-order valence-corrected chi connectivity index (χ2v) is 6.68. The minimum absolute atomic E-state index is 0.696. The number of nitrogens with zero attached hydrogens (tertiary/aromatic N) is 2. The Bertz CT molecular complexity index is 367. The monoisotopic (exact) mass is 281 g/mol. The van der Waals surface area contributed by atoms with E-state index in [0.29, 0.717) is 6.04 Å². The standard InChI is InChI=1S/C15H27N3S/c1-13(2)18-9-7-17(8-10-18)6-5-16-12-15-14(3)4-11-19-15/h4,11,13,16H,5-10,12H2,1-3H3. The van der Waals surface area contributed by atoms with Crippen molar-refractivity contribution < 1.29 is 0 Å². The molecule has 19 heavy (non-hydrogen) atoms. The smallest absolute Gasteiger partial charge is 0.0302 e. The molecule has 0 aliphatic carbocycles. The molecule has 0 unspecified atom stereocenters. The van der Waals surface area contributed by atoms with Gasteiger partial charge in [-0.3, -0.25) is 9.80 Å². The topological polar surface area (TPSA) is 18.5 Å². The maximum Gasteiger partial charge on any atom is 0.0302 e. The van der Waals surface area contributed by atoms with Gasteiger partial charge in [0.1, 0.15) is 0 Å². The molecular formula is C15H27N3S. The van der Waals surface area contributed by atoms with Crippen LogP contribution >= 0.6 is 11.3 Å². The van der Waals surface area contributed by atoms with Crippen molar-refractivity contribution in [2.45, 2.75) is 33.4 Å². The van der Waals surface area contributed by atoms with Crippen LogP contribution in [0.5, 0.6) is 0 Å². The number of hydrogen-bond donors (Lipinski definition) is 1. The summed E-state index contributed by atoms with van der Waals surface area (Å²) >= 11 is 1.86. The Morgan fingerprint density at radius 2 is 2.00 bits per heavy atom. The molecule has 1 fully saturated rings. The van der Waals surface area contributed by atoms with Crippen LogP contribution in [-0.2, 0) is 6.54 Å². The molecule has 0 amide bonds. The van der Waals surface area contributed by atoms with Crippen molar-refractivity contribution in [1.29, 1.82) is 0 Å². The van der Waals surface area contributed by atoms with Gasteiger partial charge in [0.25, 0.3) is 0 Å². The zero-order valence-electron chi connectivity index (χ0n) is 12.5. The van der Waals surface area contributed by atoms with E-state index in [4.69, 9.17) is 0 Å². The molecule has 4 heteroatoms. The third-order valence-corrected chi connectivity index (χ3v) is 5.02. The van der Waals surface area contributed by atoms with E-state index in [-0.39, 0.29) is 0 Å². The highest BCUT2D eigenvalue weighted by Crippen LogP contribution is 2.14. The van der Waals surface area contributed by atoms with Gasteiger partial charge < -0.3 is 5.32 Å². The van der Waals surface area contributed by atoms with Crippen LogP contribution in [0, 0.1) is 6.92 Å². The van der Waals surface area contributed by atoms with E-state index in [9.17, 15) is 0 Å². The molecule has 2 rings (SSSR count). The maximum absolute atomic E-state index is 3.57. The third-order valence-electron chi connectivity index (χ3n) is 4.00. The molecule has 1 aromatic rings. The summed E-state index contributed by atoms with van der Waals surface area (Å²) in [6.45, 7) is 15.0. The van der Waals surface area contributed by atoms with Crippen LogP contribution in [0.2, 0.25) is 0 Å². The summed E-state index contributed by atoms with van der Waals surface area (Å²) in [6, 6.07) is 2.90. The normalized spacial score (nSPS) is 18.3. The third kappa shape index (κ3) is 4.56. The predicted octanol–water partition coefficient (Wildman–Crippen LogP) is 2.17. The van der Waals surface area contributed by atoms with Crippen LogP contribution in [-0.4, -0.2) is 55.1 Å². The number of hydrogen-bond acceptors (Lipinski definition) is 4. The average molecular weight is 281 g/mol. The van der Waals surface area contributed by atoms with Gasteiger partial charge in [0, 0.05) is 56.7 Å². The lowest BCUT2D eigenvalue weighted by Crippen LogP contribution is -2.50. The second kappa shape index (κ2) is 7.39. The number of thiophene rings is 1. The Balaban J connectivity index is 1.58. The van der Waals surface area contributed by atoms with Crippen LogP contribution in [0.1, 0.15) is 24.3 Å². The summed E-state index contributed by atoms with van der Waals surface area (Å²) in [6.07, 6.45) is 0. The zero-order chi connectivity index (χ0) is 13.7. The van der Waals surface area contributed by atoms with Gasteiger partial charge in [0.05, 0.1) is 0 Å². The average Bonchev–Trinajstić information content (AvgIpc) is 2.81. The van der Waals surface area contributed by atoms with E-state index in [1.807, 2.05) is 11.3 Å². The van der Waals surface area contributed by atoms with Crippen LogP contribution < -0.4 is 5.32 Å². The predicted molar refractivity (Wildman–Crippen MR) is 83.9 cm³/mol. The highest BCUT2D eigenvalue weighted by Gasteiger charge is 2.17. The van der Waals surface area contributed by atoms with Gasteiger partial charge in [-0.15, -0.1) is 11.3 Å². The molecule has 1 saturated heterocycles. The van der Waals surface area contributed by atoms with Crippen LogP contribution in [0.25, 0.3) is 0 Å². The van der Waals surface area contributed by atoms with Crippen molar-refractivity contribution in [3.8, 4) is 0 Å². The summed E-state index contributed by atoms with van der Waals surface area (Å²) < 4.78 is 0. The van der Waals surface area contributed by atoms with E-state index in [0.717, 1.165) is 13.1 Å². The van der Waals surface area contributed by atoms with Crippen LogP contribution in [0.15, 0.2) is 11.4 Å². The molecule has 1 aliphatic rings. The molecule has 0 saturated carbocycles. The molecule has 0 aromatic carbocycles. The fourth-order valence-electron chi connectivity index (χ4n) is 2.53. The first kappa shape index (κ1) is 15.0. The summed E-state index contributed by atoms with van der Waals surface area (Å²) in [5.74, 6) is 0. The first-order valence-electron chi connectivity index (χ1n) is 7.37. The largest absolute Gasteiger partial charge is 0.311 e. The first-order valence-corrected chi connectivity index (χ1v) is 8.25. The van der Waals surface area contributed by atoms with E-state index >= 15 is 0 Å². The first-order chi connectivity index (χ1) is 9.16. The molecule has 108 valence electrons. The molecule has 0 spiro atoms. The van der Waals surface area contributed by atoms with E-state index in [1.165, 1.54) is 43.2 Å². The molecular weight excluding hydrogens is 254 g/mol. The van der Waals surface area contributed by atoms with Crippen LogP contribution in [0.4, 0.5) is 0 Å². The summed E-state index contributed by atoms with van der Waals surface area (Å²) in [7, 11) is 0. The Morgan fingerprint density at radius 3 is 2.58 bits per heavy atom. The fourth-order valence-corrected chi connectivity index (χ4v) is 3.40. The number of piperazine rings is 1. The number of rotatable bonds is 6. The van der Waals surface area contributed by atoms with Gasteiger partial charge in [-0.1, -0.05) is 0 Å². The number of aryl methyl sites for hydroxylation is 1. The Hall–Kier alpha value is -0.420. The van der Waals surface area contributed by atoms with Crippen molar-refractivity contribution in [3.05, 3.63) is 21.9 Å². The minimum atomic E-state index is 0.696. The van der Waals surface area contributed by atoms with Gasteiger partial charge in [0.2, 0.25) is 0 Å². The summed E-state index contributed by atoms with van der Waals surface area (Å²) in [5, 5.41) is 5.74. The summed E-state index contributed by atoms with van der Waals surface area (Å²) in [4.78, 5) is 6.62. The maximum atomic E-state index is 3.57. The second-order valence-electron chi connectivity index (χ2n) is 5.67. The summed E-state index contributed by atoms with van der Waals surface area (Å²) in [5.41, 5.74) is 1.42. The molecule has 2 heterocycles. The molecule has 0 atom stereocenters. The Labute approximate surface area is 121 Å². The van der Waals surface area contributed by atoms with Gasteiger partial charge in [0.15, 0.2) is 0 Å². The lowest BCUT2D eigenvalue weighted by Gasteiger charge is -2.36. The van der Waals surface area contributed by atoms with E-state index in [2.05, 4.69) is 47.3 Å². The Morgan fingerprint density at radius 1 is 1.26 bits per heavy atom. The quantitative estimate of drug-likeness (QED) is 0.806. The van der Waals surface area contributed by atoms with Crippen molar-refractivity contribution in [1.82, 2.24) is 15.1 Å².